The molecule has 3 heterocycles. The lowest BCUT2D eigenvalue weighted by atomic mass is 10.1. The van der Waals surface area contributed by atoms with Gasteiger partial charge in [0.2, 0.25) is 0 Å². The number of hydrogen-bond acceptors (Lipinski definition) is 6. The molecule has 0 radical (unpaired) electrons. The number of rotatable bonds is 6. The van der Waals surface area contributed by atoms with Gasteiger partial charge in [-0.05, 0) is 33.6 Å². The summed E-state index contributed by atoms with van der Waals surface area (Å²) in [5.74, 6) is 1.86. The molecular weight excluding hydrogens is 314 g/mol. The summed E-state index contributed by atoms with van der Waals surface area (Å²) < 4.78 is 2.02. The van der Waals surface area contributed by atoms with Crippen LogP contribution >= 0.6 is 0 Å². The van der Waals surface area contributed by atoms with E-state index in [9.17, 15) is 0 Å². The van der Waals surface area contributed by atoms with E-state index in [1.807, 2.05) is 24.0 Å². The lowest BCUT2D eigenvalue weighted by molar-refractivity contribution is 0.355. The van der Waals surface area contributed by atoms with Crippen LogP contribution in [0, 0.1) is 0 Å². The standard InChI is InChI=1S/C18H29N7/c1-18(2,3)25-12-14(10-23-25)9-20-11-15-6-5-7-24(15)17-8-16(19-4)21-13-22-17/h8,10,12-13,15,20H,5-7,9,11H2,1-4H3,(H,19,21,22)/t15-/m0/s1. The maximum absolute atomic E-state index is 4.46. The van der Waals surface area contributed by atoms with Crippen LogP contribution in [0.4, 0.5) is 11.6 Å². The van der Waals surface area contributed by atoms with Crippen molar-refractivity contribution in [3.05, 3.63) is 30.4 Å². The fraction of sp³-hybridized carbons (Fsp3) is 0.611. The van der Waals surface area contributed by atoms with Crippen LogP contribution in [0.1, 0.15) is 39.2 Å². The summed E-state index contributed by atoms with van der Waals surface area (Å²) in [4.78, 5) is 11.0. The molecule has 3 rings (SSSR count). The first-order valence-electron chi connectivity index (χ1n) is 8.98. The fourth-order valence-corrected chi connectivity index (χ4v) is 3.19. The largest absolute Gasteiger partial charge is 0.373 e. The smallest absolute Gasteiger partial charge is 0.134 e. The first-order valence-corrected chi connectivity index (χ1v) is 8.98. The molecule has 1 saturated heterocycles. The molecule has 0 saturated carbocycles. The second kappa shape index (κ2) is 7.39. The van der Waals surface area contributed by atoms with Gasteiger partial charge in [-0.3, -0.25) is 4.68 Å². The Morgan fingerprint density at radius 2 is 2.12 bits per heavy atom. The predicted molar refractivity (Wildman–Crippen MR) is 101 cm³/mol. The molecule has 0 unspecified atom stereocenters. The summed E-state index contributed by atoms with van der Waals surface area (Å²) in [5, 5.41) is 11.1. The Morgan fingerprint density at radius 1 is 1.28 bits per heavy atom. The molecular formula is C18H29N7. The van der Waals surface area contributed by atoms with Crippen molar-refractivity contribution in [1.82, 2.24) is 25.1 Å². The van der Waals surface area contributed by atoms with E-state index >= 15 is 0 Å². The van der Waals surface area contributed by atoms with E-state index in [0.29, 0.717) is 6.04 Å². The highest BCUT2D eigenvalue weighted by atomic mass is 15.3. The zero-order valence-electron chi connectivity index (χ0n) is 15.7. The molecule has 136 valence electrons. The van der Waals surface area contributed by atoms with Crippen molar-refractivity contribution in [2.45, 2.75) is 51.7 Å². The van der Waals surface area contributed by atoms with Crippen LogP contribution in [0.25, 0.3) is 0 Å². The van der Waals surface area contributed by atoms with Gasteiger partial charge in [0.15, 0.2) is 0 Å². The first-order chi connectivity index (χ1) is 12.0. The summed E-state index contributed by atoms with van der Waals surface area (Å²) in [6, 6.07) is 2.49. The molecule has 0 bridgehead atoms. The van der Waals surface area contributed by atoms with E-state index in [1.54, 1.807) is 6.33 Å². The Bertz CT molecular complexity index is 689. The normalized spacial score (nSPS) is 17.9. The Kier molecular flexibility index (Phi) is 5.22. The minimum atomic E-state index is 0.0263. The van der Waals surface area contributed by atoms with Crippen molar-refractivity contribution in [3.63, 3.8) is 0 Å². The molecule has 0 aliphatic carbocycles. The highest BCUT2D eigenvalue weighted by molar-refractivity contribution is 5.49. The minimum Gasteiger partial charge on any atom is -0.373 e. The average Bonchev–Trinajstić information content (AvgIpc) is 3.24. The van der Waals surface area contributed by atoms with Crippen LogP contribution in [0.5, 0.6) is 0 Å². The summed E-state index contributed by atoms with van der Waals surface area (Å²) >= 11 is 0. The lowest BCUT2D eigenvalue weighted by Gasteiger charge is -2.26. The predicted octanol–water partition coefficient (Wildman–Crippen LogP) is 2.23. The molecule has 1 aliphatic rings. The maximum Gasteiger partial charge on any atom is 0.134 e. The molecule has 1 fully saturated rings. The Labute approximate surface area is 149 Å². The molecule has 7 heteroatoms. The Hall–Kier alpha value is -2.15. The first kappa shape index (κ1) is 17.7. The van der Waals surface area contributed by atoms with Gasteiger partial charge in [0.25, 0.3) is 0 Å². The molecule has 1 aliphatic heterocycles. The third-order valence-corrected chi connectivity index (χ3v) is 4.61. The van der Waals surface area contributed by atoms with Gasteiger partial charge >= 0.3 is 0 Å². The molecule has 0 aromatic carbocycles. The van der Waals surface area contributed by atoms with Gasteiger partial charge in [0.05, 0.1) is 11.7 Å². The number of nitrogens with zero attached hydrogens (tertiary/aromatic N) is 5. The van der Waals surface area contributed by atoms with Crippen LogP contribution in [0.2, 0.25) is 0 Å². The van der Waals surface area contributed by atoms with Gasteiger partial charge in [-0.25, -0.2) is 9.97 Å². The van der Waals surface area contributed by atoms with E-state index in [1.165, 1.54) is 18.4 Å². The van der Waals surface area contributed by atoms with Crippen LogP contribution < -0.4 is 15.5 Å². The molecule has 7 nitrogen and oxygen atoms in total. The summed E-state index contributed by atoms with van der Waals surface area (Å²) in [5.41, 5.74) is 1.25. The van der Waals surface area contributed by atoms with Gasteiger partial charge in [-0.1, -0.05) is 0 Å². The molecule has 2 N–H and O–H groups in total. The zero-order valence-corrected chi connectivity index (χ0v) is 15.7. The molecule has 1 atom stereocenters. The quantitative estimate of drug-likeness (QED) is 0.838. The molecule has 0 spiro atoms. The summed E-state index contributed by atoms with van der Waals surface area (Å²) in [6.07, 6.45) is 8.10. The van der Waals surface area contributed by atoms with Crippen molar-refractivity contribution < 1.29 is 0 Å². The number of nitrogens with one attached hydrogen (secondary N) is 2. The van der Waals surface area contributed by atoms with E-state index in [0.717, 1.165) is 31.3 Å². The van der Waals surface area contributed by atoms with Gasteiger partial charge < -0.3 is 15.5 Å². The van der Waals surface area contributed by atoms with Crippen LogP contribution in [0.3, 0.4) is 0 Å². The van der Waals surface area contributed by atoms with Crippen LogP contribution in [-0.4, -0.2) is 45.9 Å². The van der Waals surface area contributed by atoms with Gasteiger partial charge in [0.1, 0.15) is 18.0 Å². The summed E-state index contributed by atoms with van der Waals surface area (Å²) in [7, 11) is 1.88. The number of aromatic nitrogens is 4. The van der Waals surface area contributed by atoms with E-state index in [2.05, 4.69) is 57.6 Å². The Morgan fingerprint density at radius 3 is 2.84 bits per heavy atom. The Balaban J connectivity index is 1.56. The van der Waals surface area contributed by atoms with Crippen molar-refractivity contribution in [2.75, 3.05) is 30.4 Å². The van der Waals surface area contributed by atoms with Gasteiger partial charge in [-0.15, -0.1) is 0 Å². The van der Waals surface area contributed by atoms with Gasteiger partial charge in [0, 0.05) is 50.6 Å². The maximum atomic E-state index is 4.46. The molecule has 2 aromatic rings. The van der Waals surface area contributed by atoms with Crippen LogP contribution in [-0.2, 0) is 12.1 Å². The van der Waals surface area contributed by atoms with E-state index in [4.69, 9.17) is 0 Å². The van der Waals surface area contributed by atoms with Gasteiger partial charge in [-0.2, -0.15) is 5.10 Å². The average molecular weight is 343 g/mol. The third-order valence-electron chi connectivity index (χ3n) is 4.61. The lowest BCUT2D eigenvalue weighted by Crippen LogP contribution is -2.38. The highest BCUT2D eigenvalue weighted by Gasteiger charge is 2.25. The van der Waals surface area contributed by atoms with Crippen molar-refractivity contribution in [3.8, 4) is 0 Å². The second-order valence-electron chi connectivity index (χ2n) is 7.60. The van der Waals surface area contributed by atoms with E-state index in [-0.39, 0.29) is 5.54 Å². The van der Waals surface area contributed by atoms with Crippen molar-refractivity contribution in [2.24, 2.45) is 0 Å². The zero-order chi connectivity index (χ0) is 17.9. The number of hydrogen-bond donors (Lipinski definition) is 2. The SMILES string of the molecule is CNc1cc(N2CCC[C@H]2CNCc2cnn(C(C)(C)C)c2)ncn1. The van der Waals surface area contributed by atoms with Crippen molar-refractivity contribution >= 4 is 11.6 Å². The van der Waals surface area contributed by atoms with Crippen LogP contribution in [0.15, 0.2) is 24.8 Å². The molecule has 0 amide bonds. The summed E-state index contributed by atoms with van der Waals surface area (Å²) in [6.45, 7) is 9.32. The molecule has 25 heavy (non-hydrogen) atoms. The molecule has 2 aromatic heterocycles. The highest BCUT2D eigenvalue weighted by Crippen LogP contribution is 2.24. The topological polar surface area (TPSA) is 70.9 Å². The fourth-order valence-electron chi connectivity index (χ4n) is 3.19. The minimum absolute atomic E-state index is 0.0263. The second-order valence-corrected chi connectivity index (χ2v) is 7.60. The third kappa shape index (κ3) is 4.28. The van der Waals surface area contributed by atoms with Crippen molar-refractivity contribution in [1.29, 1.82) is 0 Å². The number of anilines is 2. The van der Waals surface area contributed by atoms with E-state index < -0.39 is 0 Å². The monoisotopic (exact) mass is 343 g/mol.